The number of carbonyl (C=O) groups excluding carboxylic acids is 1. The van der Waals surface area contributed by atoms with Gasteiger partial charge in [0.2, 0.25) is 5.13 Å². The summed E-state index contributed by atoms with van der Waals surface area (Å²) in [5.74, 6) is -0.353. The van der Waals surface area contributed by atoms with E-state index in [1.807, 2.05) is 31.2 Å². The number of amides is 1. The molecule has 2 N–H and O–H groups in total. The maximum Gasteiger partial charge on any atom is 0.271 e. The maximum atomic E-state index is 12.5. The number of benzene rings is 2. The van der Waals surface area contributed by atoms with E-state index in [1.54, 1.807) is 23.6 Å². The first kappa shape index (κ1) is 20.2. The molecule has 0 fully saturated rings. The van der Waals surface area contributed by atoms with Crippen molar-refractivity contribution in [2.24, 2.45) is 0 Å². The zero-order chi connectivity index (χ0) is 21.1. The molecule has 0 saturated heterocycles. The van der Waals surface area contributed by atoms with Gasteiger partial charge in [-0.3, -0.25) is 14.8 Å². The zero-order valence-electron chi connectivity index (χ0n) is 15.7. The lowest BCUT2D eigenvalue weighted by Crippen LogP contribution is -2.13. The molecule has 0 bridgehead atoms. The molecule has 4 aromatic rings. The minimum atomic E-state index is -3.63. The van der Waals surface area contributed by atoms with E-state index in [1.165, 1.54) is 29.5 Å². The number of carbonyl (C=O) groups is 1. The van der Waals surface area contributed by atoms with Crippen molar-refractivity contribution in [2.75, 3.05) is 10.0 Å². The second-order valence-corrected chi connectivity index (χ2v) is 10.2. The van der Waals surface area contributed by atoms with E-state index in [0.29, 0.717) is 21.4 Å². The summed E-state index contributed by atoms with van der Waals surface area (Å²) in [5, 5.41) is 13.7. The van der Waals surface area contributed by atoms with Gasteiger partial charge in [0.1, 0.15) is 9.22 Å². The topological polar surface area (TPSA) is 101 Å². The minimum Gasteiger partial charge on any atom is -0.296 e. The number of nitrogens with one attached hydrogen (secondary N) is 2. The Morgan fingerprint density at radius 3 is 2.37 bits per heavy atom. The lowest BCUT2D eigenvalue weighted by atomic mass is 10.2. The molecule has 0 radical (unpaired) electrons. The molecule has 0 spiro atoms. The van der Waals surface area contributed by atoms with Crippen molar-refractivity contribution in [3.8, 4) is 10.6 Å². The quantitative estimate of drug-likeness (QED) is 0.441. The second-order valence-electron chi connectivity index (χ2n) is 6.35. The first-order valence-corrected chi connectivity index (χ1v) is 12.0. The standard InChI is InChI=1S/C20H16N4O3S3/c1-13-4-6-15(7-5-13)19-22-23-20(29-19)21-18(25)14-8-10-16(11-9-14)24-30(26,27)17-3-2-12-28-17/h2-12,24H,1H3,(H,21,23,25). The summed E-state index contributed by atoms with van der Waals surface area (Å²) in [7, 11) is -3.63. The van der Waals surface area contributed by atoms with Crippen LogP contribution in [-0.2, 0) is 10.0 Å². The first-order valence-electron chi connectivity index (χ1n) is 8.79. The third-order valence-electron chi connectivity index (χ3n) is 4.10. The second kappa shape index (κ2) is 8.34. The van der Waals surface area contributed by atoms with Crippen molar-refractivity contribution >= 4 is 49.4 Å². The summed E-state index contributed by atoms with van der Waals surface area (Å²) in [4.78, 5) is 12.5. The van der Waals surface area contributed by atoms with Crippen LogP contribution in [0.4, 0.5) is 10.8 Å². The van der Waals surface area contributed by atoms with Gasteiger partial charge >= 0.3 is 0 Å². The van der Waals surface area contributed by atoms with Gasteiger partial charge in [0.15, 0.2) is 0 Å². The van der Waals surface area contributed by atoms with Crippen molar-refractivity contribution in [1.29, 1.82) is 0 Å². The number of aryl methyl sites for hydroxylation is 1. The fourth-order valence-corrected chi connectivity index (χ4v) is 5.36. The van der Waals surface area contributed by atoms with Gasteiger partial charge in [0.25, 0.3) is 15.9 Å². The average molecular weight is 457 g/mol. The Hall–Kier alpha value is -3.08. The Morgan fingerprint density at radius 2 is 1.70 bits per heavy atom. The lowest BCUT2D eigenvalue weighted by Gasteiger charge is -2.07. The van der Waals surface area contributed by atoms with Crippen molar-refractivity contribution < 1.29 is 13.2 Å². The maximum absolute atomic E-state index is 12.5. The van der Waals surface area contributed by atoms with Crippen LogP contribution >= 0.6 is 22.7 Å². The molecule has 2 aromatic heterocycles. The molecule has 152 valence electrons. The number of sulfonamides is 1. The summed E-state index contributed by atoms with van der Waals surface area (Å²) in [6.07, 6.45) is 0. The van der Waals surface area contributed by atoms with Crippen LogP contribution in [0.15, 0.2) is 70.3 Å². The largest absolute Gasteiger partial charge is 0.296 e. The smallest absolute Gasteiger partial charge is 0.271 e. The van der Waals surface area contributed by atoms with Crippen LogP contribution in [0.3, 0.4) is 0 Å². The third-order valence-corrected chi connectivity index (χ3v) is 7.77. The Kier molecular flexibility index (Phi) is 5.62. The number of thiophene rings is 1. The van der Waals surface area contributed by atoms with Crippen LogP contribution in [0.5, 0.6) is 0 Å². The van der Waals surface area contributed by atoms with Crippen molar-refractivity contribution in [3.05, 3.63) is 77.2 Å². The highest BCUT2D eigenvalue weighted by molar-refractivity contribution is 7.94. The van der Waals surface area contributed by atoms with Gasteiger partial charge in [0, 0.05) is 16.8 Å². The van der Waals surface area contributed by atoms with Gasteiger partial charge in [-0.05, 0) is 42.6 Å². The zero-order valence-corrected chi connectivity index (χ0v) is 18.1. The van der Waals surface area contributed by atoms with Crippen LogP contribution < -0.4 is 10.0 Å². The van der Waals surface area contributed by atoms with Gasteiger partial charge in [-0.15, -0.1) is 21.5 Å². The highest BCUT2D eigenvalue weighted by Gasteiger charge is 2.16. The Bertz CT molecular complexity index is 1260. The number of aromatic nitrogens is 2. The fraction of sp³-hybridized carbons (Fsp3) is 0.0500. The van der Waals surface area contributed by atoms with Crippen molar-refractivity contribution in [3.63, 3.8) is 0 Å². The summed E-state index contributed by atoms with van der Waals surface area (Å²) >= 11 is 2.41. The number of hydrogen-bond acceptors (Lipinski definition) is 7. The molecular weight excluding hydrogens is 440 g/mol. The highest BCUT2D eigenvalue weighted by Crippen LogP contribution is 2.27. The first-order chi connectivity index (χ1) is 14.4. The van der Waals surface area contributed by atoms with Crippen molar-refractivity contribution in [2.45, 2.75) is 11.1 Å². The molecule has 0 aliphatic carbocycles. The molecule has 0 unspecified atom stereocenters. The van der Waals surface area contributed by atoms with Gasteiger partial charge < -0.3 is 0 Å². The molecular formula is C20H16N4O3S3. The highest BCUT2D eigenvalue weighted by atomic mass is 32.2. The molecule has 4 rings (SSSR count). The summed E-state index contributed by atoms with van der Waals surface area (Å²) in [5.41, 5.74) is 2.83. The van der Waals surface area contributed by atoms with E-state index in [0.717, 1.165) is 22.5 Å². The van der Waals surface area contributed by atoms with E-state index in [9.17, 15) is 13.2 Å². The van der Waals surface area contributed by atoms with Gasteiger partial charge in [-0.25, -0.2) is 8.42 Å². The molecule has 0 atom stereocenters. The normalized spacial score (nSPS) is 11.2. The number of anilines is 2. The van der Waals surface area contributed by atoms with E-state index in [4.69, 9.17) is 0 Å². The van der Waals surface area contributed by atoms with E-state index in [-0.39, 0.29) is 10.1 Å². The van der Waals surface area contributed by atoms with Crippen LogP contribution in [0.25, 0.3) is 10.6 Å². The summed E-state index contributed by atoms with van der Waals surface area (Å²) < 4.78 is 27.3. The molecule has 2 heterocycles. The molecule has 0 saturated carbocycles. The molecule has 0 aliphatic rings. The van der Waals surface area contributed by atoms with Crippen LogP contribution in [0.1, 0.15) is 15.9 Å². The van der Waals surface area contributed by atoms with E-state index in [2.05, 4.69) is 20.2 Å². The van der Waals surface area contributed by atoms with Crippen LogP contribution in [0, 0.1) is 6.92 Å². The predicted molar refractivity (Wildman–Crippen MR) is 120 cm³/mol. The SMILES string of the molecule is Cc1ccc(-c2nnc(NC(=O)c3ccc(NS(=O)(=O)c4cccs4)cc3)s2)cc1. The Labute approximate surface area is 181 Å². The van der Waals surface area contributed by atoms with Gasteiger partial charge in [-0.2, -0.15) is 0 Å². The average Bonchev–Trinajstić information content (AvgIpc) is 3.41. The number of hydrogen-bond donors (Lipinski definition) is 2. The Morgan fingerprint density at radius 1 is 0.967 bits per heavy atom. The molecule has 0 aliphatic heterocycles. The third kappa shape index (κ3) is 4.56. The van der Waals surface area contributed by atoms with Crippen LogP contribution in [-0.4, -0.2) is 24.5 Å². The molecule has 1 amide bonds. The van der Waals surface area contributed by atoms with E-state index >= 15 is 0 Å². The summed E-state index contributed by atoms with van der Waals surface area (Å²) in [6, 6.07) is 17.3. The fourth-order valence-electron chi connectivity index (χ4n) is 2.57. The Balaban J connectivity index is 1.42. The van der Waals surface area contributed by atoms with Crippen LogP contribution in [0.2, 0.25) is 0 Å². The number of rotatable bonds is 6. The summed E-state index contributed by atoms with van der Waals surface area (Å²) in [6.45, 7) is 2.01. The predicted octanol–water partition coefficient (Wildman–Crippen LogP) is 4.63. The van der Waals surface area contributed by atoms with E-state index < -0.39 is 10.0 Å². The molecule has 10 heteroatoms. The lowest BCUT2D eigenvalue weighted by molar-refractivity contribution is 0.102. The monoisotopic (exact) mass is 456 g/mol. The van der Waals surface area contributed by atoms with Gasteiger partial charge in [0.05, 0.1) is 0 Å². The molecule has 30 heavy (non-hydrogen) atoms. The minimum absolute atomic E-state index is 0.227. The molecule has 2 aromatic carbocycles. The number of nitrogens with zero attached hydrogens (tertiary/aromatic N) is 2. The van der Waals surface area contributed by atoms with Crippen molar-refractivity contribution in [1.82, 2.24) is 10.2 Å². The molecule has 7 nitrogen and oxygen atoms in total. The van der Waals surface area contributed by atoms with Gasteiger partial charge in [-0.1, -0.05) is 47.2 Å².